The van der Waals surface area contributed by atoms with Crippen molar-refractivity contribution in [3.8, 4) is 0 Å². The first kappa shape index (κ1) is 8.31. The Labute approximate surface area is 56.8 Å². The fourth-order valence-electron chi connectivity index (χ4n) is 0.445. The number of unbranched alkanes of at least 4 members (excludes halogenated alkanes) is 2. The zero-order valence-electron chi connectivity index (χ0n) is 5.10. The lowest BCUT2D eigenvalue weighted by atomic mass is 10.3. The van der Waals surface area contributed by atoms with E-state index in [1.807, 2.05) is 0 Å². The summed E-state index contributed by atoms with van der Waals surface area (Å²) in [6.07, 6.45) is 3.29. The molecule has 0 unspecified atom stereocenters. The average Bonchev–Trinajstić information content (AvgIpc) is 1.81. The van der Waals surface area contributed by atoms with Crippen molar-refractivity contribution < 1.29 is 4.74 Å². The molecule has 0 N–H and O–H groups in total. The number of thiol groups is 1. The van der Waals surface area contributed by atoms with E-state index in [4.69, 9.17) is 4.74 Å². The highest BCUT2D eigenvalue weighted by Gasteiger charge is 1.82. The van der Waals surface area contributed by atoms with E-state index in [2.05, 4.69) is 19.6 Å². The monoisotopic (exact) mass is 133 g/mol. The van der Waals surface area contributed by atoms with Crippen LogP contribution < -0.4 is 0 Å². The predicted molar refractivity (Wildman–Crippen MR) is 39.0 cm³/mol. The Kier molecular flexibility index (Phi) is 7.59. The van der Waals surface area contributed by atoms with Crippen molar-refractivity contribution in [3.05, 3.63) is 6.92 Å². The molecule has 0 atom stereocenters. The van der Waals surface area contributed by atoms with Crippen LogP contribution in [-0.4, -0.2) is 12.5 Å². The van der Waals surface area contributed by atoms with Gasteiger partial charge in [0.2, 0.25) is 0 Å². The molecule has 0 heterocycles. The first-order valence-corrected chi connectivity index (χ1v) is 3.53. The van der Waals surface area contributed by atoms with Crippen molar-refractivity contribution in [1.82, 2.24) is 0 Å². The maximum absolute atomic E-state index is 4.97. The van der Waals surface area contributed by atoms with Crippen LogP contribution in [0.1, 0.15) is 19.3 Å². The van der Waals surface area contributed by atoms with Gasteiger partial charge in [0, 0.05) is 6.61 Å². The molecule has 0 saturated carbocycles. The Morgan fingerprint density at radius 2 is 2.12 bits per heavy atom. The third-order valence-corrected chi connectivity index (χ3v) is 1.06. The summed E-state index contributed by atoms with van der Waals surface area (Å²) < 4.78 is 4.97. The lowest BCUT2D eigenvalue weighted by Gasteiger charge is -1.96. The molecule has 0 aliphatic rings. The lowest BCUT2D eigenvalue weighted by molar-refractivity contribution is 0.179. The molecule has 0 aliphatic carbocycles. The number of hydrogen-bond acceptors (Lipinski definition) is 2. The molecule has 0 amide bonds. The molecule has 0 rings (SSSR count). The highest BCUT2D eigenvalue weighted by Crippen LogP contribution is 1.93. The minimum atomic E-state index is 0.539. The van der Waals surface area contributed by atoms with Crippen molar-refractivity contribution in [2.45, 2.75) is 19.3 Å². The van der Waals surface area contributed by atoms with Gasteiger partial charge in [-0.2, -0.15) is 12.6 Å². The minimum absolute atomic E-state index is 0.539. The second-order valence-electron chi connectivity index (χ2n) is 1.60. The Morgan fingerprint density at radius 1 is 1.38 bits per heavy atom. The zero-order valence-corrected chi connectivity index (χ0v) is 5.99. The van der Waals surface area contributed by atoms with E-state index in [1.165, 1.54) is 0 Å². The van der Waals surface area contributed by atoms with Crippen LogP contribution in [0.5, 0.6) is 0 Å². The van der Waals surface area contributed by atoms with Crippen LogP contribution >= 0.6 is 12.6 Å². The standard InChI is InChI=1S/C6H13OS/c1-2-3-4-5-7-6-8/h8H,1-6H2. The normalized spacial score (nSPS) is 9.75. The van der Waals surface area contributed by atoms with Gasteiger partial charge in [0.05, 0.1) is 5.94 Å². The quantitative estimate of drug-likeness (QED) is 0.342. The van der Waals surface area contributed by atoms with Crippen molar-refractivity contribution in [1.29, 1.82) is 0 Å². The topological polar surface area (TPSA) is 9.23 Å². The lowest BCUT2D eigenvalue weighted by Crippen LogP contribution is -1.90. The third kappa shape index (κ3) is 6.31. The van der Waals surface area contributed by atoms with Gasteiger partial charge in [0.25, 0.3) is 0 Å². The van der Waals surface area contributed by atoms with Crippen LogP contribution in [0.15, 0.2) is 0 Å². The molecular formula is C6H13OS. The molecule has 0 aliphatic heterocycles. The van der Waals surface area contributed by atoms with Gasteiger partial charge in [0.15, 0.2) is 0 Å². The van der Waals surface area contributed by atoms with Crippen LogP contribution in [0.4, 0.5) is 0 Å². The second-order valence-corrected chi connectivity index (χ2v) is 1.86. The van der Waals surface area contributed by atoms with Gasteiger partial charge in [-0.1, -0.05) is 19.8 Å². The smallest absolute Gasteiger partial charge is 0.0892 e. The Morgan fingerprint density at radius 3 is 2.62 bits per heavy atom. The summed E-state index contributed by atoms with van der Waals surface area (Å²) in [6.45, 7) is 4.54. The van der Waals surface area contributed by atoms with E-state index in [-0.39, 0.29) is 0 Å². The molecule has 0 aromatic heterocycles. The summed E-state index contributed by atoms with van der Waals surface area (Å²) in [6, 6.07) is 0. The van der Waals surface area contributed by atoms with E-state index in [1.54, 1.807) is 0 Å². The summed E-state index contributed by atoms with van der Waals surface area (Å²) >= 11 is 3.88. The van der Waals surface area contributed by atoms with Gasteiger partial charge in [0.1, 0.15) is 0 Å². The molecule has 0 spiro atoms. The van der Waals surface area contributed by atoms with E-state index in [0.717, 1.165) is 25.9 Å². The highest BCUT2D eigenvalue weighted by molar-refractivity contribution is 7.80. The first-order valence-electron chi connectivity index (χ1n) is 2.89. The molecule has 0 aromatic carbocycles. The third-order valence-electron chi connectivity index (χ3n) is 0.880. The fraction of sp³-hybridized carbons (Fsp3) is 0.833. The van der Waals surface area contributed by atoms with E-state index in [9.17, 15) is 0 Å². The molecule has 1 radical (unpaired) electrons. The average molecular weight is 133 g/mol. The summed E-state index contributed by atoms with van der Waals surface area (Å²) in [5.41, 5.74) is 0. The van der Waals surface area contributed by atoms with Crippen molar-refractivity contribution in [2.24, 2.45) is 0 Å². The van der Waals surface area contributed by atoms with Gasteiger partial charge in [-0.05, 0) is 6.42 Å². The summed E-state index contributed by atoms with van der Waals surface area (Å²) in [7, 11) is 0. The van der Waals surface area contributed by atoms with E-state index >= 15 is 0 Å². The summed E-state index contributed by atoms with van der Waals surface area (Å²) in [4.78, 5) is 0. The number of ether oxygens (including phenoxy) is 1. The second kappa shape index (κ2) is 7.31. The summed E-state index contributed by atoms with van der Waals surface area (Å²) in [5, 5.41) is 0. The SMILES string of the molecule is [CH2]CCCCOCS. The van der Waals surface area contributed by atoms with Crippen molar-refractivity contribution in [3.63, 3.8) is 0 Å². The summed E-state index contributed by atoms with van der Waals surface area (Å²) in [5.74, 6) is 0.539. The molecule has 8 heavy (non-hydrogen) atoms. The van der Waals surface area contributed by atoms with Gasteiger partial charge in [-0.15, -0.1) is 0 Å². The largest absolute Gasteiger partial charge is 0.371 e. The Bertz CT molecular complexity index is 33.5. The van der Waals surface area contributed by atoms with Gasteiger partial charge in [-0.25, -0.2) is 0 Å². The first-order chi connectivity index (χ1) is 3.91. The Balaban J connectivity index is 2.53. The van der Waals surface area contributed by atoms with E-state index in [0.29, 0.717) is 5.94 Å². The van der Waals surface area contributed by atoms with Crippen LogP contribution in [0, 0.1) is 6.92 Å². The van der Waals surface area contributed by atoms with Crippen molar-refractivity contribution in [2.75, 3.05) is 12.5 Å². The zero-order chi connectivity index (χ0) is 6.24. The van der Waals surface area contributed by atoms with Gasteiger partial charge >= 0.3 is 0 Å². The molecule has 0 saturated heterocycles. The fourth-order valence-corrected chi connectivity index (χ4v) is 0.575. The molecule has 2 heteroatoms. The number of hydrogen-bond donors (Lipinski definition) is 1. The van der Waals surface area contributed by atoms with Gasteiger partial charge < -0.3 is 4.74 Å². The molecular weight excluding hydrogens is 120 g/mol. The van der Waals surface area contributed by atoms with Crippen LogP contribution in [0.3, 0.4) is 0 Å². The molecule has 1 nitrogen and oxygen atoms in total. The number of rotatable bonds is 5. The highest BCUT2D eigenvalue weighted by atomic mass is 32.1. The minimum Gasteiger partial charge on any atom is -0.371 e. The molecule has 0 fully saturated rings. The van der Waals surface area contributed by atoms with Crippen LogP contribution in [0.2, 0.25) is 0 Å². The van der Waals surface area contributed by atoms with Crippen LogP contribution in [0.25, 0.3) is 0 Å². The molecule has 0 bridgehead atoms. The van der Waals surface area contributed by atoms with Crippen LogP contribution in [-0.2, 0) is 4.74 Å². The molecule has 0 aromatic rings. The molecule has 49 valence electrons. The maximum atomic E-state index is 4.97. The predicted octanol–water partition coefficient (Wildman–Crippen LogP) is 1.89. The van der Waals surface area contributed by atoms with Gasteiger partial charge in [-0.3, -0.25) is 0 Å². The maximum Gasteiger partial charge on any atom is 0.0892 e. The van der Waals surface area contributed by atoms with E-state index < -0.39 is 0 Å². The Hall–Kier alpha value is 0.310. The van der Waals surface area contributed by atoms with Crippen molar-refractivity contribution >= 4 is 12.6 Å².